The summed E-state index contributed by atoms with van der Waals surface area (Å²) in [4.78, 5) is 21.3. The molecule has 2 aromatic carbocycles. The van der Waals surface area contributed by atoms with Gasteiger partial charge < -0.3 is 4.74 Å². The van der Waals surface area contributed by atoms with Crippen LogP contribution in [-0.2, 0) is 4.74 Å². The Morgan fingerprint density at radius 1 is 1.04 bits per heavy atom. The highest BCUT2D eigenvalue weighted by atomic mass is 32.1. The van der Waals surface area contributed by atoms with Gasteiger partial charge in [-0.25, -0.2) is 14.8 Å². The molecule has 0 fully saturated rings. The number of hydrogen-bond acceptors (Lipinski definition) is 5. The number of thiazole rings is 1. The van der Waals surface area contributed by atoms with E-state index < -0.39 is 5.97 Å². The predicted octanol–water partition coefficient (Wildman–Crippen LogP) is 4.80. The number of ether oxygens (including phenoxy) is 1. The topological polar surface area (TPSA) is 51.5 Å². The summed E-state index contributed by atoms with van der Waals surface area (Å²) in [7, 11) is 0. The molecule has 25 heavy (non-hydrogen) atoms. The summed E-state index contributed by atoms with van der Waals surface area (Å²) in [6.45, 7) is 3.94. The molecule has 4 nitrogen and oxygen atoms in total. The third-order valence-electron chi connectivity index (χ3n) is 3.49. The number of aliphatic imine (C=N–C) groups is 1. The molecule has 0 saturated carbocycles. The Morgan fingerprint density at radius 3 is 2.12 bits per heavy atom. The Morgan fingerprint density at radius 2 is 1.60 bits per heavy atom. The standard InChI is InChI=1S/C20H18N2O2S/c1-3-24-20(23)18-19(25-14(2)21-18)22-17(15-10-6-4-7-11-15)16-12-8-5-9-13-16/h4-13H,3H2,1-2H3. The van der Waals surface area contributed by atoms with Gasteiger partial charge in [-0.05, 0) is 13.8 Å². The van der Waals surface area contributed by atoms with Gasteiger partial charge in [0.25, 0.3) is 0 Å². The number of nitrogens with zero attached hydrogens (tertiary/aromatic N) is 2. The zero-order valence-electron chi connectivity index (χ0n) is 14.1. The Balaban J connectivity index is 2.13. The maximum absolute atomic E-state index is 12.2. The normalized spacial score (nSPS) is 10.3. The van der Waals surface area contributed by atoms with E-state index in [0.717, 1.165) is 21.8 Å². The van der Waals surface area contributed by atoms with Crippen LogP contribution in [-0.4, -0.2) is 23.3 Å². The van der Waals surface area contributed by atoms with Crippen molar-refractivity contribution < 1.29 is 9.53 Å². The van der Waals surface area contributed by atoms with Crippen LogP contribution in [0.2, 0.25) is 0 Å². The Bertz CT molecular complexity index is 845. The molecule has 1 aromatic heterocycles. The van der Waals surface area contributed by atoms with Crippen molar-refractivity contribution in [3.63, 3.8) is 0 Å². The second kappa shape index (κ2) is 7.85. The Hall–Kier alpha value is -2.79. The molecular formula is C20H18N2O2S. The van der Waals surface area contributed by atoms with Crippen molar-refractivity contribution >= 4 is 28.0 Å². The van der Waals surface area contributed by atoms with E-state index in [1.165, 1.54) is 11.3 Å². The number of carbonyl (C=O) groups excluding carboxylic acids is 1. The van der Waals surface area contributed by atoms with Crippen molar-refractivity contribution in [3.05, 3.63) is 82.5 Å². The van der Waals surface area contributed by atoms with E-state index >= 15 is 0 Å². The van der Waals surface area contributed by atoms with E-state index in [1.807, 2.05) is 67.6 Å². The first-order valence-electron chi connectivity index (χ1n) is 8.03. The zero-order chi connectivity index (χ0) is 17.6. The lowest BCUT2D eigenvalue weighted by atomic mass is 10.0. The number of hydrogen-bond donors (Lipinski definition) is 0. The second-order valence-electron chi connectivity index (χ2n) is 5.30. The first kappa shape index (κ1) is 17.0. The molecule has 0 bridgehead atoms. The molecular weight excluding hydrogens is 332 g/mol. The number of aryl methyl sites for hydroxylation is 1. The highest BCUT2D eigenvalue weighted by molar-refractivity contribution is 7.15. The summed E-state index contributed by atoms with van der Waals surface area (Å²) in [6, 6.07) is 19.8. The largest absolute Gasteiger partial charge is 0.461 e. The van der Waals surface area contributed by atoms with E-state index in [0.29, 0.717) is 11.6 Å². The van der Waals surface area contributed by atoms with E-state index in [-0.39, 0.29) is 5.69 Å². The van der Waals surface area contributed by atoms with Crippen molar-refractivity contribution in [2.75, 3.05) is 6.61 Å². The monoisotopic (exact) mass is 350 g/mol. The van der Waals surface area contributed by atoms with Crippen molar-refractivity contribution in [2.45, 2.75) is 13.8 Å². The van der Waals surface area contributed by atoms with E-state index in [2.05, 4.69) is 4.98 Å². The Labute approximate surface area is 150 Å². The quantitative estimate of drug-likeness (QED) is 0.491. The molecule has 126 valence electrons. The van der Waals surface area contributed by atoms with Crippen molar-refractivity contribution in [2.24, 2.45) is 4.99 Å². The highest BCUT2D eigenvalue weighted by Gasteiger charge is 2.19. The van der Waals surface area contributed by atoms with Gasteiger partial charge in [-0.2, -0.15) is 0 Å². The molecule has 5 heteroatoms. The average molecular weight is 350 g/mol. The first-order chi connectivity index (χ1) is 12.2. The summed E-state index contributed by atoms with van der Waals surface area (Å²) in [5.74, 6) is -0.439. The van der Waals surface area contributed by atoms with Gasteiger partial charge in [0, 0.05) is 11.1 Å². The van der Waals surface area contributed by atoms with Gasteiger partial charge >= 0.3 is 5.97 Å². The molecule has 0 spiro atoms. The Kier molecular flexibility index (Phi) is 5.36. The van der Waals surface area contributed by atoms with Gasteiger partial charge in [-0.15, -0.1) is 0 Å². The number of esters is 1. The molecule has 0 aliphatic carbocycles. The van der Waals surface area contributed by atoms with Crippen LogP contribution in [0.5, 0.6) is 0 Å². The average Bonchev–Trinajstić information content (AvgIpc) is 3.02. The van der Waals surface area contributed by atoms with Gasteiger partial charge in [0.2, 0.25) is 0 Å². The smallest absolute Gasteiger partial charge is 0.360 e. The molecule has 1 heterocycles. The fourth-order valence-electron chi connectivity index (χ4n) is 2.41. The SMILES string of the molecule is CCOC(=O)c1nc(C)sc1N=C(c1ccccc1)c1ccccc1. The van der Waals surface area contributed by atoms with Crippen LogP contribution in [0.25, 0.3) is 0 Å². The summed E-state index contributed by atoms with van der Waals surface area (Å²) in [5.41, 5.74) is 3.04. The number of rotatable bonds is 5. The molecule has 0 atom stereocenters. The number of aromatic nitrogens is 1. The molecule has 0 aliphatic rings. The van der Waals surface area contributed by atoms with Crippen LogP contribution in [0, 0.1) is 6.92 Å². The summed E-state index contributed by atoms with van der Waals surface area (Å²) in [6.07, 6.45) is 0. The zero-order valence-corrected chi connectivity index (χ0v) is 14.9. The molecule has 0 saturated heterocycles. The van der Waals surface area contributed by atoms with Gasteiger partial charge in [0.1, 0.15) is 0 Å². The van der Waals surface area contributed by atoms with Crippen LogP contribution in [0.15, 0.2) is 65.7 Å². The van der Waals surface area contributed by atoms with Crippen LogP contribution in [0.4, 0.5) is 5.00 Å². The minimum atomic E-state index is -0.439. The molecule has 0 aliphatic heterocycles. The van der Waals surface area contributed by atoms with Crippen molar-refractivity contribution in [1.29, 1.82) is 0 Å². The van der Waals surface area contributed by atoms with Gasteiger partial charge in [-0.3, -0.25) is 0 Å². The third-order valence-corrected chi connectivity index (χ3v) is 4.36. The van der Waals surface area contributed by atoms with Gasteiger partial charge in [0.15, 0.2) is 10.7 Å². The van der Waals surface area contributed by atoms with Gasteiger partial charge in [-0.1, -0.05) is 72.0 Å². The maximum Gasteiger partial charge on any atom is 0.360 e. The number of carbonyl (C=O) groups is 1. The highest BCUT2D eigenvalue weighted by Crippen LogP contribution is 2.30. The lowest BCUT2D eigenvalue weighted by Crippen LogP contribution is -2.07. The summed E-state index contributed by atoms with van der Waals surface area (Å²) in [5, 5.41) is 1.35. The second-order valence-corrected chi connectivity index (χ2v) is 6.48. The fraction of sp³-hybridized carbons (Fsp3) is 0.150. The minimum Gasteiger partial charge on any atom is -0.461 e. The molecule has 3 aromatic rings. The van der Waals surface area contributed by atoms with Crippen LogP contribution >= 0.6 is 11.3 Å². The van der Waals surface area contributed by atoms with Crippen LogP contribution in [0.1, 0.15) is 33.5 Å². The predicted molar refractivity (Wildman–Crippen MR) is 101 cm³/mol. The van der Waals surface area contributed by atoms with Crippen LogP contribution in [0.3, 0.4) is 0 Å². The molecule has 0 unspecified atom stereocenters. The first-order valence-corrected chi connectivity index (χ1v) is 8.84. The van der Waals surface area contributed by atoms with Crippen LogP contribution < -0.4 is 0 Å². The van der Waals surface area contributed by atoms with E-state index in [9.17, 15) is 4.79 Å². The van der Waals surface area contributed by atoms with Crippen molar-refractivity contribution in [3.8, 4) is 0 Å². The maximum atomic E-state index is 12.2. The molecule has 0 amide bonds. The molecule has 0 radical (unpaired) electrons. The summed E-state index contributed by atoms with van der Waals surface area (Å²) < 4.78 is 5.11. The fourth-order valence-corrected chi connectivity index (χ4v) is 3.19. The number of benzene rings is 2. The summed E-state index contributed by atoms with van der Waals surface area (Å²) >= 11 is 1.39. The van der Waals surface area contributed by atoms with E-state index in [1.54, 1.807) is 6.92 Å². The molecule has 0 N–H and O–H groups in total. The lowest BCUT2D eigenvalue weighted by Gasteiger charge is -2.07. The lowest BCUT2D eigenvalue weighted by molar-refractivity contribution is 0.0521. The third kappa shape index (κ3) is 4.00. The molecule has 3 rings (SSSR count). The van der Waals surface area contributed by atoms with E-state index in [4.69, 9.17) is 9.73 Å². The van der Waals surface area contributed by atoms with Crippen molar-refractivity contribution in [1.82, 2.24) is 4.98 Å². The van der Waals surface area contributed by atoms with Gasteiger partial charge in [0.05, 0.1) is 17.3 Å². The minimum absolute atomic E-state index is 0.272.